The van der Waals surface area contributed by atoms with Gasteiger partial charge in [-0.1, -0.05) is 36.4 Å². The lowest BCUT2D eigenvalue weighted by molar-refractivity contribution is -0.131. The van der Waals surface area contributed by atoms with Crippen LogP contribution in [0.15, 0.2) is 48.5 Å². The summed E-state index contributed by atoms with van der Waals surface area (Å²) < 4.78 is 5.85. The van der Waals surface area contributed by atoms with E-state index in [1.807, 2.05) is 48.5 Å². The second-order valence-electron chi connectivity index (χ2n) is 5.71. The maximum atomic E-state index is 12.0. The quantitative estimate of drug-likeness (QED) is 0.944. The zero-order valence-corrected chi connectivity index (χ0v) is 12.7. The van der Waals surface area contributed by atoms with Crippen molar-refractivity contribution in [3.8, 4) is 5.75 Å². The highest BCUT2D eigenvalue weighted by atomic mass is 16.5. The SMILES string of the molecule is CN1Cc2cc(OCc3ccccc3)ccc2CC(N)C1=O. The number of likely N-dealkylation sites (N-methyl/N-ethyl adjacent to an activating group) is 1. The smallest absolute Gasteiger partial charge is 0.239 e. The standard InChI is InChI=1S/C18H20N2O2/c1-20-11-15-9-16(22-12-13-5-3-2-4-6-13)8-7-14(15)10-17(19)18(20)21/h2-9,17H,10-12,19H2,1H3. The summed E-state index contributed by atoms with van der Waals surface area (Å²) >= 11 is 0. The first-order chi connectivity index (χ1) is 10.6. The molecule has 0 saturated heterocycles. The average molecular weight is 296 g/mol. The van der Waals surface area contributed by atoms with Crippen molar-refractivity contribution < 1.29 is 9.53 Å². The van der Waals surface area contributed by atoms with Gasteiger partial charge in [-0.2, -0.15) is 0 Å². The van der Waals surface area contributed by atoms with Gasteiger partial charge in [0.1, 0.15) is 12.4 Å². The van der Waals surface area contributed by atoms with Gasteiger partial charge in [-0.3, -0.25) is 4.79 Å². The van der Waals surface area contributed by atoms with E-state index in [-0.39, 0.29) is 5.91 Å². The van der Waals surface area contributed by atoms with Crippen molar-refractivity contribution in [1.29, 1.82) is 0 Å². The van der Waals surface area contributed by atoms with E-state index in [9.17, 15) is 4.79 Å². The van der Waals surface area contributed by atoms with Crippen LogP contribution in [0.1, 0.15) is 16.7 Å². The number of amides is 1. The highest BCUT2D eigenvalue weighted by molar-refractivity contribution is 5.82. The fraction of sp³-hybridized carbons (Fsp3) is 0.278. The highest BCUT2D eigenvalue weighted by Gasteiger charge is 2.24. The molecule has 3 rings (SSSR count). The Kier molecular flexibility index (Phi) is 4.11. The third kappa shape index (κ3) is 3.12. The number of carbonyl (C=O) groups excluding carboxylic acids is 1. The lowest BCUT2D eigenvalue weighted by atomic mass is 10.0. The highest BCUT2D eigenvalue weighted by Crippen LogP contribution is 2.24. The summed E-state index contributed by atoms with van der Waals surface area (Å²) in [5.74, 6) is 0.807. The summed E-state index contributed by atoms with van der Waals surface area (Å²) in [6.07, 6.45) is 0.581. The molecule has 1 heterocycles. The van der Waals surface area contributed by atoms with E-state index in [4.69, 9.17) is 10.5 Å². The molecular formula is C18H20N2O2. The van der Waals surface area contributed by atoms with Crippen LogP contribution < -0.4 is 10.5 Å². The van der Waals surface area contributed by atoms with E-state index in [2.05, 4.69) is 0 Å². The Balaban J connectivity index is 1.76. The van der Waals surface area contributed by atoms with Crippen molar-refractivity contribution in [2.45, 2.75) is 25.6 Å². The third-order valence-electron chi connectivity index (χ3n) is 3.97. The number of rotatable bonds is 3. The third-order valence-corrected chi connectivity index (χ3v) is 3.97. The number of benzene rings is 2. The molecule has 0 fully saturated rings. The minimum atomic E-state index is -0.456. The van der Waals surface area contributed by atoms with E-state index in [0.29, 0.717) is 19.6 Å². The van der Waals surface area contributed by atoms with Gasteiger partial charge in [0, 0.05) is 13.6 Å². The molecule has 2 N–H and O–H groups in total. The van der Waals surface area contributed by atoms with E-state index in [1.54, 1.807) is 11.9 Å². The number of hydrogen-bond donors (Lipinski definition) is 1. The molecule has 1 amide bonds. The molecule has 1 aliphatic rings. The molecule has 0 bridgehead atoms. The van der Waals surface area contributed by atoms with Crippen LogP contribution in [0.3, 0.4) is 0 Å². The molecule has 114 valence electrons. The van der Waals surface area contributed by atoms with Crippen LogP contribution in [-0.4, -0.2) is 23.9 Å². The lowest BCUT2D eigenvalue weighted by Crippen LogP contribution is -2.40. The minimum Gasteiger partial charge on any atom is -0.489 e. The Labute approximate surface area is 130 Å². The molecule has 1 atom stereocenters. The molecule has 1 unspecified atom stereocenters. The topological polar surface area (TPSA) is 55.6 Å². The zero-order chi connectivity index (χ0) is 15.5. The summed E-state index contributed by atoms with van der Waals surface area (Å²) in [5.41, 5.74) is 9.29. The number of ether oxygens (including phenoxy) is 1. The lowest BCUT2D eigenvalue weighted by Gasteiger charge is -2.17. The molecule has 0 saturated carbocycles. The molecule has 0 aromatic heterocycles. The molecule has 4 nitrogen and oxygen atoms in total. The Morgan fingerprint density at radius 3 is 2.73 bits per heavy atom. The van der Waals surface area contributed by atoms with Crippen LogP contribution >= 0.6 is 0 Å². The second kappa shape index (κ2) is 6.20. The average Bonchev–Trinajstić information content (AvgIpc) is 2.64. The van der Waals surface area contributed by atoms with Gasteiger partial charge in [0.2, 0.25) is 5.91 Å². The number of carbonyl (C=O) groups is 1. The van der Waals surface area contributed by atoms with Crippen LogP contribution in [0.4, 0.5) is 0 Å². The van der Waals surface area contributed by atoms with Crippen molar-refractivity contribution in [3.05, 3.63) is 65.2 Å². The molecule has 0 radical (unpaired) electrons. The van der Waals surface area contributed by atoms with Gasteiger partial charge in [-0.15, -0.1) is 0 Å². The van der Waals surface area contributed by atoms with Crippen molar-refractivity contribution in [2.75, 3.05) is 7.05 Å². The summed E-state index contributed by atoms with van der Waals surface area (Å²) in [4.78, 5) is 13.7. The van der Waals surface area contributed by atoms with Crippen molar-refractivity contribution >= 4 is 5.91 Å². The molecule has 1 aliphatic heterocycles. The van der Waals surface area contributed by atoms with Gasteiger partial charge < -0.3 is 15.4 Å². The summed E-state index contributed by atoms with van der Waals surface area (Å²) in [5, 5.41) is 0. The molecule has 4 heteroatoms. The second-order valence-corrected chi connectivity index (χ2v) is 5.71. The van der Waals surface area contributed by atoms with Crippen LogP contribution in [0.5, 0.6) is 5.75 Å². The van der Waals surface area contributed by atoms with Gasteiger partial charge >= 0.3 is 0 Å². The number of fused-ring (bicyclic) bond motifs is 1. The van der Waals surface area contributed by atoms with E-state index < -0.39 is 6.04 Å². The first kappa shape index (κ1) is 14.6. The van der Waals surface area contributed by atoms with Gasteiger partial charge in [-0.05, 0) is 35.2 Å². The largest absolute Gasteiger partial charge is 0.489 e. The first-order valence-corrected chi connectivity index (χ1v) is 7.42. The Hall–Kier alpha value is -2.33. The van der Waals surface area contributed by atoms with Gasteiger partial charge in [0.05, 0.1) is 6.04 Å². The predicted octanol–water partition coefficient (Wildman–Crippen LogP) is 2.11. The Bertz CT molecular complexity index is 670. The van der Waals surface area contributed by atoms with Crippen molar-refractivity contribution in [2.24, 2.45) is 5.73 Å². The van der Waals surface area contributed by atoms with E-state index >= 15 is 0 Å². The maximum Gasteiger partial charge on any atom is 0.239 e. The zero-order valence-electron chi connectivity index (χ0n) is 12.7. The first-order valence-electron chi connectivity index (χ1n) is 7.42. The fourth-order valence-corrected chi connectivity index (χ4v) is 2.72. The number of nitrogens with zero attached hydrogens (tertiary/aromatic N) is 1. The summed E-state index contributed by atoms with van der Waals surface area (Å²) in [6, 6.07) is 15.6. The van der Waals surface area contributed by atoms with E-state index in [0.717, 1.165) is 22.4 Å². The molecule has 0 spiro atoms. The minimum absolute atomic E-state index is 0.0112. The fourth-order valence-electron chi connectivity index (χ4n) is 2.72. The van der Waals surface area contributed by atoms with Crippen LogP contribution in [0, 0.1) is 0 Å². The Morgan fingerprint density at radius 1 is 1.18 bits per heavy atom. The summed E-state index contributed by atoms with van der Waals surface area (Å²) in [6.45, 7) is 1.11. The molecule has 2 aromatic carbocycles. The van der Waals surface area contributed by atoms with Gasteiger partial charge in [-0.25, -0.2) is 0 Å². The van der Waals surface area contributed by atoms with E-state index in [1.165, 1.54) is 0 Å². The molecule has 0 aliphatic carbocycles. The monoisotopic (exact) mass is 296 g/mol. The molecule has 22 heavy (non-hydrogen) atoms. The molecule has 2 aromatic rings. The van der Waals surface area contributed by atoms with Crippen LogP contribution in [0.2, 0.25) is 0 Å². The van der Waals surface area contributed by atoms with Crippen molar-refractivity contribution in [3.63, 3.8) is 0 Å². The van der Waals surface area contributed by atoms with Crippen LogP contribution in [0.25, 0.3) is 0 Å². The van der Waals surface area contributed by atoms with Crippen molar-refractivity contribution in [1.82, 2.24) is 4.90 Å². The normalized spacial score (nSPS) is 17.8. The Morgan fingerprint density at radius 2 is 1.95 bits per heavy atom. The van der Waals surface area contributed by atoms with Gasteiger partial charge in [0.15, 0.2) is 0 Å². The van der Waals surface area contributed by atoms with Crippen LogP contribution in [-0.2, 0) is 24.4 Å². The number of hydrogen-bond acceptors (Lipinski definition) is 3. The maximum absolute atomic E-state index is 12.0. The summed E-state index contributed by atoms with van der Waals surface area (Å²) in [7, 11) is 1.79. The number of nitrogens with two attached hydrogens (primary N) is 1. The molecular weight excluding hydrogens is 276 g/mol. The predicted molar refractivity (Wildman–Crippen MR) is 85.4 cm³/mol. The van der Waals surface area contributed by atoms with Gasteiger partial charge in [0.25, 0.3) is 0 Å².